The minimum absolute atomic E-state index is 0.224. The molecule has 1 heterocycles. The number of carbonyl (C=O) groups is 3. The van der Waals surface area contributed by atoms with Gasteiger partial charge in [-0.15, -0.1) is 0 Å². The summed E-state index contributed by atoms with van der Waals surface area (Å²) >= 11 is 0. The molecule has 2 aromatic carbocycles. The van der Waals surface area contributed by atoms with Crippen LogP contribution in [0.15, 0.2) is 48.5 Å². The molecule has 1 aliphatic rings. The highest BCUT2D eigenvalue weighted by atomic mass is 16.6. The minimum atomic E-state index is -0.480. The molecular weight excluding hydrogens is 348 g/mol. The third kappa shape index (κ3) is 4.21. The average Bonchev–Trinajstić information content (AvgIpc) is 2.93. The fraction of sp³-hybridized carbons (Fsp3) is 0.250. The van der Waals surface area contributed by atoms with Crippen LogP contribution in [-0.4, -0.2) is 42.9 Å². The van der Waals surface area contributed by atoms with Gasteiger partial charge in [-0.3, -0.25) is 24.1 Å². The lowest BCUT2D eigenvalue weighted by Gasteiger charge is -2.12. The van der Waals surface area contributed by atoms with Crippen LogP contribution in [0.25, 0.3) is 0 Å². The Hall–Kier alpha value is -3.03. The van der Waals surface area contributed by atoms with Crippen LogP contribution in [0.2, 0.25) is 0 Å². The van der Waals surface area contributed by atoms with Crippen LogP contribution in [0.4, 0.5) is 0 Å². The first-order valence-corrected chi connectivity index (χ1v) is 8.57. The summed E-state index contributed by atoms with van der Waals surface area (Å²) < 4.78 is 4.95. The second kappa shape index (κ2) is 8.57. The summed E-state index contributed by atoms with van der Waals surface area (Å²) in [7, 11) is 1.56. The van der Waals surface area contributed by atoms with Gasteiger partial charge < -0.3 is 4.74 Å². The van der Waals surface area contributed by atoms with E-state index >= 15 is 0 Å². The van der Waals surface area contributed by atoms with Crippen molar-refractivity contribution in [2.45, 2.75) is 13.0 Å². The second-order valence-electron chi connectivity index (χ2n) is 6.07. The van der Waals surface area contributed by atoms with E-state index in [0.717, 1.165) is 5.56 Å². The number of nitrogens with one attached hydrogen (secondary N) is 1. The predicted octanol–water partition coefficient (Wildman–Crippen LogP) is 2.18. The molecular formula is C20H20N2O5. The van der Waals surface area contributed by atoms with Gasteiger partial charge in [0, 0.05) is 25.8 Å². The van der Waals surface area contributed by atoms with Gasteiger partial charge in [0.05, 0.1) is 17.7 Å². The van der Waals surface area contributed by atoms with Crippen LogP contribution in [0.5, 0.6) is 0 Å². The van der Waals surface area contributed by atoms with Gasteiger partial charge >= 0.3 is 0 Å². The molecule has 1 N–H and O–H groups in total. The lowest BCUT2D eigenvalue weighted by Crippen LogP contribution is -2.31. The van der Waals surface area contributed by atoms with Crippen molar-refractivity contribution in [1.82, 2.24) is 10.4 Å². The second-order valence-corrected chi connectivity index (χ2v) is 6.07. The molecule has 1 aliphatic heterocycles. The fourth-order valence-electron chi connectivity index (χ4n) is 2.82. The summed E-state index contributed by atoms with van der Waals surface area (Å²) in [6.07, 6.45) is 0.558. The van der Waals surface area contributed by atoms with E-state index in [4.69, 9.17) is 9.57 Å². The molecule has 0 bridgehead atoms. The van der Waals surface area contributed by atoms with Crippen molar-refractivity contribution in [2.24, 2.45) is 0 Å². The first kappa shape index (κ1) is 18.8. The van der Waals surface area contributed by atoms with Gasteiger partial charge in [-0.25, -0.2) is 5.48 Å². The normalized spacial score (nSPS) is 13.0. The SMILES string of the molecule is COCCCN1C(=O)c2ccc(C(=O)NOCc3ccccc3)cc2C1=O. The summed E-state index contributed by atoms with van der Waals surface area (Å²) in [5, 5.41) is 0. The number of hydrogen-bond acceptors (Lipinski definition) is 5. The quantitative estimate of drug-likeness (QED) is 0.439. The monoisotopic (exact) mass is 368 g/mol. The molecule has 0 fully saturated rings. The molecule has 0 aliphatic carbocycles. The molecule has 7 nitrogen and oxygen atoms in total. The van der Waals surface area contributed by atoms with Gasteiger partial charge in [0.25, 0.3) is 17.7 Å². The van der Waals surface area contributed by atoms with Crippen molar-refractivity contribution in [3.05, 3.63) is 70.8 Å². The number of fused-ring (bicyclic) bond motifs is 1. The van der Waals surface area contributed by atoms with Crippen LogP contribution in [0, 0.1) is 0 Å². The zero-order valence-electron chi connectivity index (χ0n) is 14.9. The molecule has 7 heteroatoms. The molecule has 140 valence electrons. The number of carbonyl (C=O) groups excluding carboxylic acids is 3. The third-order valence-electron chi connectivity index (χ3n) is 4.21. The van der Waals surface area contributed by atoms with Crippen LogP contribution in [0.1, 0.15) is 43.1 Å². The van der Waals surface area contributed by atoms with Crippen molar-refractivity contribution in [3.8, 4) is 0 Å². The predicted molar refractivity (Wildman–Crippen MR) is 97.0 cm³/mol. The van der Waals surface area contributed by atoms with E-state index in [0.29, 0.717) is 18.6 Å². The van der Waals surface area contributed by atoms with E-state index in [-0.39, 0.29) is 30.2 Å². The van der Waals surface area contributed by atoms with E-state index in [1.165, 1.54) is 23.1 Å². The standard InChI is InChI=1S/C20H20N2O5/c1-26-11-5-10-22-19(24)16-9-8-15(12-17(16)20(22)25)18(23)21-27-13-14-6-3-2-4-7-14/h2-4,6-9,12H,5,10-11,13H2,1H3,(H,21,23). The van der Waals surface area contributed by atoms with Crippen molar-refractivity contribution in [2.75, 3.05) is 20.3 Å². The van der Waals surface area contributed by atoms with Crippen LogP contribution in [-0.2, 0) is 16.2 Å². The number of methoxy groups -OCH3 is 1. The molecule has 0 unspecified atom stereocenters. The van der Waals surface area contributed by atoms with Crippen molar-refractivity contribution < 1.29 is 24.0 Å². The average molecular weight is 368 g/mol. The van der Waals surface area contributed by atoms with E-state index < -0.39 is 11.8 Å². The molecule has 3 amide bonds. The molecule has 0 saturated carbocycles. The zero-order valence-corrected chi connectivity index (χ0v) is 14.9. The number of benzene rings is 2. The van der Waals surface area contributed by atoms with Gasteiger partial charge in [-0.2, -0.15) is 0 Å². The van der Waals surface area contributed by atoms with Crippen LogP contribution >= 0.6 is 0 Å². The Morgan fingerprint density at radius 1 is 1.04 bits per heavy atom. The molecule has 0 aromatic heterocycles. The highest BCUT2D eigenvalue weighted by Crippen LogP contribution is 2.24. The molecule has 0 saturated heterocycles. The molecule has 0 radical (unpaired) electrons. The summed E-state index contributed by atoms with van der Waals surface area (Å²) in [5.41, 5.74) is 4.05. The Kier molecular flexibility index (Phi) is 5.95. The first-order chi connectivity index (χ1) is 13.1. The Morgan fingerprint density at radius 3 is 2.52 bits per heavy atom. The zero-order chi connectivity index (χ0) is 19.2. The number of nitrogens with zero attached hydrogens (tertiary/aromatic N) is 1. The fourth-order valence-corrected chi connectivity index (χ4v) is 2.82. The molecule has 27 heavy (non-hydrogen) atoms. The van der Waals surface area contributed by atoms with Gasteiger partial charge in [-0.05, 0) is 30.2 Å². The Labute approximate surface area is 156 Å². The van der Waals surface area contributed by atoms with Crippen molar-refractivity contribution >= 4 is 17.7 Å². The Bertz CT molecular complexity index is 851. The maximum absolute atomic E-state index is 12.5. The molecule has 3 rings (SSSR count). The highest BCUT2D eigenvalue weighted by molar-refractivity contribution is 6.22. The number of hydrogen-bond donors (Lipinski definition) is 1. The van der Waals surface area contributed by atoms with Crippen LogP contribution < -0.4 is 5.48 Å². The van der Waals surface area contributed by atoms with Gasteiger partial charge in [-0.1, -0.05) is 30.3 Å². The summed E-state index contributed by atoms with van der Waals surface area (Å²) in [6, 6.07) is 13.8. The largest absolute Gasteiger partial charge is 0.385 e. The maximum atomic E-state index is 12.5. The smallest absolute Gasteiger partial charge is 0.274 e. The minimum Gasteiger partial charge on any atom is -0.385 e. The van der Waals surface area contributed by atoms with E-state index in [2.05, 4.69) is 5.48 Å². The van der Waals surface area contributed by atoms with Gasteiger partial charge in [0.2, 0.25) is 0 Å². The van der Waals surface area contributed by atoms with E-state index in [1.807, 2.05) is 30.3 Å². The lowest BCUT2D eigenvalue weighted by molar-refractivity contribution is 0.0233. The van der Waals surface area contributed by atoms with E-state index in [1.54, 1.807) is 7.11 Å². The maximum Gasteiger partial charge on any atom is 0.274 e. The van der Waals surface area contributed by atoms with Crippen molar-refractivity contribution in [1.29, 1.82) is 0 Å². The Balaban J connectivity index is 1.63. The number of hydroxylamine groups is 1. The number of amides is 3. The number of imide groups is 1. The topological polar surface area (TPSA) is 84.9 Å². The first-order valence-electron chi connectivity index (χ1n) is 8.57. The summed E-state index contributed by atoms with van der Waals surface area (Å²) in [4.78, 5) is 43.5. The molecule has 0 spiro atoms. The van der Waals surface area contributed by atoms with Crippen LogP contribution in [0.3, 0.4) is 0 Å². The van der Waals surface area contributed by atoms with Crippen molar-refractivity contribution in [3.63, 3.8) is 0 Å². The third-order valence-corrected chi connectivity index (χ3v) is 4.21. The highest BCUT2D eigenvalue weighted by Gasteiger charge is 2.35. The van der Waals surface area contributed by atoms with E-state index in [9.17, 15) is 14.4 Å². The van der Waals surface area contributed by atoms with Gasteiger partial charge in [0.1, 0.15) is 0 Å². The lowest BCUT2D eigenvalue weighted by atomic mass is 10.1. The summed E-state index contributed by atoms with van der Waals surface area (Å²) in [5.74, 6) is -1.23. The summed E-state index contributed by atoms with van der Waals surface area (Å²) in [6.45, 7) is 0.962. The molecule has 2 aromatic rings. The number of ether oxygens (including phenoxy) is 1. The molecule has 0 atom stereocenters. The number of rotatable bonds is 8. The Morgan fingerprint density at radius 2 is 1.78 bits per heavy atom. The van der Waals surface area contributed by atoms with Gasteiger partial charge in [0.15, 0.2) is 0 Å².